The molecule has 90 valence electrons. The van der Waals surface area contributed by atoms with Crippen molar-refractivity contribution in [1.29, 1.82) is 0 Å². The Morgan fingerprint density at radius 1 is 1.06 bits per heavy atom. The zero-order chi connectivity index (χ0) is 12.3. The van der Waals surface area contributed by atoms with Gasteiger partial charge in [-0.2, -0.15) is 0 Å². The van der Waals surface area contributed by atoms with Gasteiger partial charge in [0.1, 0.15) is 11.5 Å². The van der Waals surface area contributed by atoms with Crippen molar-refractivity contribution < 1.29 is 19.1 Å². The molecule has 0 radical (unpaired) electrons. The molecule has 3 unspecified atom stereocenters. The molecule has 0 saturated carbocycles. The van der Waals surface area contributed by atoms with E-state index in [-0.39, 0.29) is 11.8 Å². The summed E-state index contributed by atoms with van der Waals surface area (Å²) in [5, 5.41) is 0. The normalized spacial score (nSPS) is 32.0. The number of esters is 2. The summed E-state index contributed by atoms with van der Waals surface area (Å²) in [5.41, 5.74) is 0.977. The monoisotopic (exact) mass is 242 g/mol. The molecule has 4 rings (SSSR count). The van der Waals surface area contributed by atoms with Crippen LogP contribution in [0.25, 0.3) is 0 Å². The first kappa shape index (κ1) is 9.88. The van der Waals surface area contributed by atoms with E-state index in [1.165, 1.54) is 0 Å². The first-order valence-electron chi connectivity index (χ1n) is 5.98. The minimum absolute atomic E-state index is 0.154. The van der Waals surface area contributed by atoms with Crippen LogP contribution in [0.4, 0.5) is 0 Å². The van der Waals surface area contributed by atoms with Gasteiger partial charge in [-0.3, -0.25) is 9.59 Å². The lowest BCUT2D eigenvalue weighted by Gasteiger charge is -2.24. The van der Waals surface area contributed by atoms with Crippen molar-refractivity contribution in [2.24, 2.45) is 11.8 Å². The molecule has 2 heterocycles. The van der Waals surface area contributed by atoms with Gasteiger partial charge in [-0.1, -0.05) is 18.2 Å². The summed E-state index contributed by atoms with van der Waals surface area (Å²) >= 11 is 0. The zero-order valence-corrected chi connectivity index (χ0v) is 9.46. The molecule has 4 nitrogen and oxygen atoms in total. The quantitative estimate of drug-likeness (QED) is 0.514. The van der Waals surface area contributed by atoms with Crippen molar-refractivity contribution in [2.45, 2.75) is 12.3 Å². The number of carbonyl (C=O) groups excluding carboxylic acids is 2. The van der Waals surface area contributed by atoms with Crippen LogP contribution in [-0.2, 0) is 14.3 Å². The molecule has 0 spiro atoms. The maximum absolute atomic E-state index is 11.8. The van der Waals surface area contributed by atoms with Crippen LogP contribution in [0.1, 0.15) is 17.9 Å². The van der Waals surface area contributed by atoms with Gasteiger partial charge in [0.15, 0.2) is 0 Å². The number of fused-ring (bicyclic) bond motifs is 5. The van der Waals surface area contributed by atoms with E-state index in [9.17, 15) is 9.59 Å². The molecule has 3 aliphatic rings. The average molecular weight is 242 g/mol. The Morgan fingerprint density at radius 2 is 1.89 bits per heavy atom. The SMILES string of the molecule is O=C1OC(=O)C2C1CC=C1Oc3ccccc3C12. The lowest BCUT2D eigenvalue weighted by atomic mass is 9.74. The highest BCUT2D eigenvalue weighted by molar-refractivity contribution is 5.98. The summed E-state index contributed by atoms with van der Waals surface area (Å²) in [6.07, 6.45) is 2.43. The van der Waals surface area contributed by atoms with E-state index in [0.29, 0.717) is 6.42 Å². The molecule has 2 aliphatic heterocycles. The summed E-state index contributed by atoms with van der Waals surface area (Å²) in [6, 6.07) is 7.63. The predicted molar refractivity (Wildman–Crippen MR) is 60.6 cm³/mol. The molecule has 1 saturated heterocycles. The molecule has 1 aromatic rings. The third-order valence-electron chi connectivity index (χ3n) is 3.93. The second-order valence-electron chi connectivity index (χ2n) is 4.83. The summed E-state index contributed by atoms with van der Waals surface area (Å²) in [4.78, 5) is 23.5. The van der Waals surface area contributed by atoms with Gasteiger partial charge in [-0.05, 0) is 18.6 Å². The Labute approximate surface area is 103 Å². The molecule has 0 bridgehead atoms. The van der Waals surface area contributed by atoms with Crippen LogP contribution in [0, 0.1) is 11.8 Å². The fourth-order valence-electron chi connectivity index (χ4n) is 3.12. The fraction of sp³-hybridized carbons (Fsp3) is 0.286. The summed E-state index contributed by atoms with van der Waals surface area (Å²) in [7, 11) is 0. The van der Waals surface area contributed by atoms with Gasteiger partial charge in [0.2, 0.25) is 0 Å². The van der Waals surface area contributed by atoms with Crippen molar-refractivity contribution in [1.82, 2.24) is 0 Å². The number of rotatable bonds is 0. The average Bonchev–Trinajstić information content (AvgIpc) is 2.87. The van der Waals surface area contributed by atoms with Crippen molar-refractivity contribution >= 4 is 11.9 Å². The maximum Gasteiger partial charge on any atom is 0.318 e. The largest absolute Gasteiger partial charge is 0.461 e. The predicted octanol–water partition coefficient (Wildman–Crippen LogP) is 1.77. The first-order chi connectivity index (χ1) is 8.75. The zero-order valence-electron chi connectivity index (χ0n) is 9.46. The Balaban J connectivity index is 1.87. The number of ether oxygens (including phenoxy) is 2. The van der Waals surface area contributed by atoms with E-state index in [0.717, 1.165) is 17.1 Å². The number of hydrogen-bond acceptors (Lipinski definition) is 4. The van der Waals surface area contributed by atoms with Crippen LogP contribution in [0.2, 0.25) is 0 Å². The van der Waals surface area contributed by atoms with Crippen LogP contribution >= 0.6 is 0 Å². The number of allylic oxidation sites excluding steroid dienone is 2. The summed E-state index contributed by atoms with van der Waals surface area (Å²) in [5.74, 6) is -0.169. The topological polar surface area (TPSA) is 52.6 Å². The molecule has 0 aromatic heterocycles. The van der Waals surface area contributed by atoms with E-state index >= 15 is 0 Å². The molecule has 3 atom stereocenters. The number of carbonyl (C=O) groups is 2. The molecule has 1 fully saturated rings. The van der Waals surface area contributed by atoms with Crippen LogP contribution in [0.5, 0.6) is 5.75 Å². The van der Waals surface area contributed by atoms with Gasteiger partial charge in [0.05, 0.1) is 17.8 Å². The molecular weight excluding hydrogens is 232 g/mol. The van der Waals surface area contributed by atoms with E-state index in [1.807, 2.05) is 30.3 Å². The molecule has 0 amide bonds. The highest BCUT2D eigenvalue weighted by atomic mass is 16.6. The van der Waals surface area contributed by atoms with Gasteiger partial charge in [-0.15, -0.1) is 0 Å². The molecule has 0 N–H and O–H groups in total. The number of benzene rings is 1. The van der Waals surface area contributed by atoms with Gasteiger partial charge < -0.3 is 9.47 Å². The van der Waals surface area contributed by atoms with Gasteiger partial charge in [-0.25, -0.2) is 0 Å². The first-order valence-corrected chi connectivity index (χ1v) is 5.98. The molecule has 4 heteroatoms. The van der Waals surface area contributed by atoms with E-state index in [1.54, 1.807) is 0 Å². The van der Waals surface area contributed by atoms with Crippen LogP contribution in [0.3, 0.4) is 0 Å². The van der Waals surface area contributed by atoms with Crippen molar-refractivity contribution in [3.8, 4) is 5.75 Å². The minimum Gasteiger partial charge on any atom is -0.461 e. The third kappa shape index (κ3) is 1.10. The number of para-hydroxylation sites is 1. The van der Waals surface area contributed by atoms with Crippen molar-refractivity contribution in [3.63, 3.8) is 0 Å². The van der Waals surface area contributed by atoms with Gasteiger partial charge in [0.25, 0.3) is 0 Å². The lowest BCUT2D eigenvalue weighted by molar-refractivity contribution is -0.153. The Bertz CT molecular complexity index is 602. The van der Waals surface area contributed by atoms with E-state index < -0.39 is 17.9 Å². The second kappa shape index (κ2) is 3.22. The smallest absolute Gasteiger partial charge is 0.318 e. The van der Waals surface area contributed by atoms with E-state index in [2.05, 4.69) is 0 Å². The van der Waals surface area contributed by atoms with Crippen LogP contribution in [0.15, 0.2) is 36.1 Å². The van der Waals surface area contributed by atoms with Gasteiger partial charge >= 0.3 is 11.9 Å². The minimum atomic E-state index is -0.416. The second-order valence-corrected chi connectivity index (χ2v) is 4.83. The number of hydrogen-bond donors (Lipinski definition) is 0. The van der Waals surface area contributed by atoms with Crippen LogP contribution in [-0.4, -0.2) is 11.9 Å². The third-order valence-corrected chi connectivity index (χ3v) is 3.93. The Morgan fingerprint density at radius 3 is 2.78 bits per heavy atom. The highest BCUT2D eigenvalue weighted by Gasteiger charge is 2.54. The van der Waals surface area contributed by atoms with Crippen molar-refractivity contribution in [3.05, 3.63) is 41.7 Å². The number of cyclic esters (lactones) is 2. The molecular formula is C14H10O4. The highest BCUT2D eigenvalue weighted by Crippen LogP contribution is 2.52. The summed E-state index contributed by atoms with van der Waals surface area (Å²) in [6.45, 7) is 0. The van der Waals surface area contributed by atoms with Crippen molar-refractivity contribution in [2.75, 3.05) is 0 Å². The molecule has 1 aliphatic carbocycles. The molecule has 1 aromatic carbocycles. The Hall–Kier alpha value is -2.10. The lowest BCUT2D eigenvalue weighted by Crippen LogP contribution is -2.28. The fourth-order valence-corrected chi connectivity index (χ4v) is 3.12. The molecule has 18 heavy (non-hydrogen) atoms. The summed E-state index contributed by atoms with van der Waals surface area (Å²) < 4.78 is 10.5. The Kier molecular flexibility index (Phi) is 1.77. The van der Waals surface area contributed by atoms with Crippen LogP contribution < -0.4 is 4.74 Å². The standard InChI is InChI=1S/C14H10O4/c15-13-8-5-6-10-11(12(8)14(16)18-13)7-3-1-2-4-9(7)17-10/h1-4,6,8,11-12H,5H2. The maximum atomic E-state index is 11.8. The van der Waals surface area contributed by atoms with E-state index in [4.69, 9.17) is 9.47 Å². The van der Waals surface area contributed by atoms with Gasteiger partial charge in [0, 0.05) is 5.56 Å².